The maximum Gasteiger partial charge on any atom is 0.218 e. The molecule has 1 heterocycles. The maximum absolute atomic E-state index is 5.51. The Labute approximate surface area is 102 Å². The predicted octanol–water partition coefficient (Wildman–Crippen LogP) is 2.40. The smallest absolute Gasteiger partial charge is 0.218 e. The van der Waals surface area contributed by atoms with Gasteiger partial charge in [0.1, 0.15) is 18.8 Å². The minimum Gasteiger partial charge on any atom is -0.473 e. The lowest BCUT2D eigenvalue weighted by Crippen LogP contribution is -1.99. The molecule has 2 aromatic rings. The van der Waals surface area contributed by atoms with Gasteiger partial charge in [0.2, 0.25) is 5.88 Å². The van der Waals surface area contributed by atoms with E-state index >= 15 is 0 Å². The number of nitrogens with two attached hydrogens (primary N) is 1. The SMILES string of the molecule is Nc1cc(OCc2cccc(Br)c2)ncn1. The fourth-order valence-electron chi connectivity index (χ4n) is 1.22. The van der Waals surface area contributed by atoms with Crippen LogP contribution in [0.15, 0.2) is 41.1 Å². The third-order valence-electron chi connectivity index (χ3n) is 1.94. The van der Waals surface area contributed by atoms with Gasteiger partial charge in [-0.2, -0.15) is 0 Å². The van der Waals surface area contributed by atoms with Gasteiger partial charge in [-0.1, -0.05) is 28.1 Å². The average molecular weight is 280 g/mol. The van der Waals surface area contributed by atoms with Crippen LogP contribution in [0, 0.1) is 0 Å². The third-order valence-corrected chi connectivity index (χ3v) is 2.43. The Balaban J connectivity index is 2.02. The Bertz CT molecular complexity index is 445. The van der Waals surface area contributed by atoms with Crippen molar-refractivity contribution in [1.29, 1.82) is 0 Å². The van der Waals surface area contributed by atoms with Crippen molar-refractivity contribution in [3.05, 3.63) is 46.7 Å². The molecule has 0 radical (unpaired) electrons. The summed E-state index contributed by atoms with van der Waals surface area (Å²) < 4.78 is 6.50. The normalized spacial score (nSPS) is 10.1. The van der Waals surface area contributed by atoms with E-state index in [4.69, 9.17) is 10.5 Å². The van der Waals surface area contributed by atoms with Gasteiger partial charge in [0.05, 0.1) is 0 Å². The Morgan fingerprint density at radius 1 is 1.25 bits per heavy atom. The molecule has 0 aliphatic heterocycles. The molecule has 5 heteroatoms. The fraction of sp³-hybridized carbons (Fsp3) is 0.0909. The lowest BCUT2D eigenvalue weighted by Gasteiger charge is -2.05. The van der Waals surface area contributed by atoms with E-state index in [9.17, 15) is 0 Å². The van der Waals surface area contributed by atoms with Crippen LogP contribution >= 0.6 is 15.9 Å². The molecule has 0 saturated heterocycles. The second-order valence-corrected chi connectivity index (χ2v) is 4.12. The molecule has 0 atom stereocenters. The molecule has 0 aliphatic rings. The molecule has 16 heavy (non-hydrogen) atoms. The van der Waals surface area contributed by atoms with Gasteiger partial charge in [0, 0.05) is 10.5 Å². The zero-order valence-electron chi connectivity index (χ0n) is 8.43. The van der Waals surface area contributed by atoms with Crippen molar-refractivity contribution in [3.8, 4) is 5.88 Å². The summed E-state index contributed by atoms with van der Waals surface area (Å²) in [5.41, 5.74) is 6.57. The van der Waals surface area contributed by atoms with Crippen LogP contribution < -0.4 is 10.5 Å². The summed E-state index contributed by atoms with van der Waals surface area (Å²) in [6.07, 6.45) is 1.38. The van der Waals surface area contributed by atoms with Gasteiger partial charge >= 0.3 is 0 Å². The highest BCUT2D eigenvalue weighted by atomic mass is 79.9. The number of benzene rings is 1. The molecule has 2 rings (SSSR count). The molecule has 0 fully saturated rings. The summed E-state index contributed by atoms with van der Waals surface area (Å²) in [6, 6.07) is 9.49. The zero-order chi connectivity index (χ0) is 11.4. The summed E-state index contributed by atoms with van der Waals surface area (Å²) in [4.78, 5) is 7.74. The summed E-state index contributed by atoms with van der Waals surface area (Å²) in [5, 5.41) is 0. The molecule has 82 valence electrons. The van der Waals surface area contributed by atoms with E-state index in [0.29, 0.717) is 18.3 Å². The van der Waals surface area contributed by atoms with Crippen molar-refractivity contribution in [1.82, 2.24) is 9.97 Å². The van der Waals surface area contributed by atoms with Crippen molar-refractivity contribution in [2.24, 2.45) is 0 Å². The molecular formula is C11H10BrN3O. The van der Waals surface area contributed by atoms with Crippen LogP contribution in [-0.2, 0) is 6.61 Å². The number of nitrogens with zero attached hydrogens (tertiary/aromatic N) is 2. The van der Waals surface area contributed by atoms with Crippen molar-refractivity contribution >= 4 is 21.7 Å². The molecule has 0 aliphatic carbocycles. The minimum absolute atomic E-state index is 0.402. The Hall–Kier alpha value is -1.62. The van der Waals surface area contributed by atoms with E-state index in [1.54, 1.807) is 6.07 Å². The Morgan fingerprint density at radius 2 is 2.12 bits per heavy atom. The van der Waals surface area contributed by atoms with E-state index in [1.807, 2.05) is 24.3 Å². The maximum atomic E-state index is 5.51. The first kappa shape index (κ1) is 10.9. The monoisotopic (exact) mass is 279 g/mol. The largest absolute Gasteiger partial charge is 0.473 e. The molecular weight excluding hydrogens is 270 g/mol. The molecule has 0 unspecified atom stereocenters. The standard InChI is InChI=1S/C11H10BrN3O/c12-9-3-1-2-8(4-9)6-16-11-5-10(13)14-7-15-11/h1-5,7H,6H2,(H2,13,14,15). The second-order valence-electron chi connectivity index (χ2n) is 3.20. The minimum atomic E-state index is 0.402. The Morgan fingerprint density at radius 3 is 2.88 bits per heavy atom. The molecule has 0 bridgehead atoms. The van der Waals surface area contributed by atoms with Gasteiger partial charge < -0.3 is 10.5 Å². The zero-order valence-corrected chi connectivity index (χ0v) is 10.0. The van der Waals surface area contributed by atoms with Crippen LogP contribution in [0.2, 0.25) is 0 Å². The van der Waals surface area contributed by atoms with Crippen molar-refractivity contribution < 1.29 is 4.74 Å². The average Bonchev–Trinajstić information content (AvgIpc) is 2.27. The highest BCUT2D eigenvalue weighted by molar-refractivity contribution is 9.10. The number of ether oxygens (including phenoxy) is 1. The quantitative estimate of drug-likeness (QED) is 0.937. The van der Waals surface area contributed by atoms with Gasteiger partial charge in [0.15, 0.2) is 0 Å². The number of halogens is 1. The first-order valence-corrected chi connectivity index (χ1v) is 5.48. The van der Waals surface area contributed by atoms with E-state index in [2.05, 4.69) is 25.9 Å². The lowest BCUT2D eigenvalue weighted by atomic mass is 10.2. The van der Waals surface area contributed by atoms with Crippen molar-refractivity contribution in [3.63, 3.8) is 0 Å². The fourth-order valence-corrected chi connectivity index (χ4v) is 1.66. The first-order chi connectivity index (χ1) is 7.74. The summed E-state index contributed by atoms with van der Waals surface area (Å²) in [7, 11) is 0. The third kappa shape index (κ3) is 2.93. The highest BCUT2D eigenvalue weighted by Crippen LogP contribution is 2.14. The molecule has 4 nitrogen and oxygen atoms in total. The molecule has 1 aromatic heterocycles. The molecule has 0 saturated carbocycles. The van der Waals surface area contributed by atoms with Gasteiger partial charge in [-0.25, -0.2) is 9.97 Å². The van der Waals surface area contributed by atoms with Crippen LogP contribution in [0.4, 0.5) is 5.82 Å². The highest BCUT2D eigenvalue weighted by Gasteiger charge is 1.98. The van der Waals surface area contributed by atoms with E-state index in [1.165, 1.54) is 6.33 Å². The van der Waals surface area contributed by atoms with E-state index in [-0.39, 0.29) is 0 Å². The number of rotatable bonds is 3. The number of aromatic nitrogens is 2. The van der Waals surface area contributed by atoms with Crippen LogP contribution in [0.25, 0.3) is 0 Å². The van der Waals surface area contributed by atoms with Gasteiger partial charge in [-0.3, -0.25) is 0 Å². The number of nitrogen functional groups attached to an aromatic ring is 1. The van der Waals surface area contributed by atoms with E-state index in [0.717, 1.165) is 10.0 Å². The van der Waals surface area contributed by atoms with Gasteiger partial charge in [-0.05, 0) is 17.7 Å². The van der Waals surface area contributed by atoms with Gasteiger partial charge in [-0.15, -0.1) is 0 Å². The molecule has 1 aromatic carbocycles. The summed E-state index contributed by atoms with van der Waals surface area (Å²) >= 11 is 3.40. The van der Waals surface area contributed by atoms with Crippen LogP contribution in [0.5, 0.6) is 5.88 Å². The second kappa shape index (κ2) is 4.94. The van der Waals surface area contributed by atoms with Crippen LogP contribution in [0.3, 0.4) is 0 Å². The molecule has 0 spiro atoms. The number of anilines is 1. The summed E-state index contributed by atoms with van der Waals surface area (Å²) in [6.45, 7) is 0.454. The molecule has 0 amide bonds. The first-order valence-electron chi connectivity index (χ1n) is 4.69. The number of hydrogen-bond donors (Lipinski definition) is 1. The van der Waals surface area contributed by atoms with E-state index < -0.39 is 0 Å². The summed E-state index contributed by atoms with van der Waals surface area (Å²) in [5.74, 6) is 0.881. The topological polar surface area (TPSA) is 61.0 Å². The van der Waals surface area contributed by atoms with Crippen LogP contribution in [-0.4, -0.2) is 9.97 Å². The predicted molar refractivity (Wildman–Crippen MR) is 64.9 cm³/mol. The van der Waals surface area contributed by atoms with Crippen molar-refractivity contribution in [2.45, 2.75) is 6.61 Å². The lowest BCUT2D eigenvalue weighted by molar-refractivity contribution is 0.293. The van der Waals surface area contributed by atoms with Crippen LogP contribution in [0.1, 0.15) is 5.56 Å². The molecule has 2 N–H and O–H groups in total. The van der Waals surface area contributed by atoms with Gasteiger partial charge in [0.25, 0.3) is 0 Å². The number of hydrogen-bond acceptors (Lipinski definition) is 4. The van der Waals surface area contributed by atoms with Crippen molar-refractivity contribution in [2.75, 3.05) is 5.73 Å². The Kier molecular flexibility index (Phi) is 3.36.